The molecule has 25 heavy (non-hydrogen) atoms. The van der Waals surface area contributed by atoms with Crippen molar-refractivity contribution in [1.29, 1.82) is 0 Å². The largest absolute Gasteiger partial charge is 0.311 e. The van der Waals surface area contributed by atoms with Crippen LogP contribution in [0.4, 0.5) is 11.4 Å². The molecule has 132 valence electrons. The lowest BCUT2D eigenvalue weighted by Gasteiger charge is -2.28. The van der Waals surface area contributed by atoms with Crippen LogP contribution in [0.15, 0.2) is 52.3 Å². The third-order valence-corrected chi connectivity index (χ3v) is 6.49. The van der Waals surface area contributed by atoms with Crippen molar-refractivity contribution in [3.05, 3.63) is 48.0 Å². The molecule has 7 heteroatoms. The monoisotopic (exact) mass is 376 g/mol. The lowest BCUT2D eigenvalue weighted by molar-refractivity contribution is -0.116. The zero-order valence-corrected chi connectivity index (χ0v) is 15.8. The van der Waals surface area contributed by atoms with Crippen molar-refractivity contribution >= 4 is 39.1 Å². The van der Waals surface area contributed by atoms with Crippen LogP contribution in [0, 0.1) is 0 Å². The molecule has 2 aromatic carbocycles. The molecular formula is C18H20N2O3S2. The minimum Gasteiger partial charge on any atom is -0.311 e. The predicted molar refractivity (Wildman–Crippen MR) is 102 cm³/mol. The summed E-state index contributed by atoms with van der Waals surface area (Å²) in [4.78, 5) is 14.5. The Balaban J connectivity index is 1.95. The van der Waals surface area contributed by atoms with E-state index in [0.717, 1.165) is 22.6 Å². The highest BCUT2D eigenvalue weighted by Crippen LogP contribution is 2.36. The van der Waals surface area contributed by atoms with Gasteiger partial charge in [-0.15, -0.1) is 11.8 Å². The van der Waals surface area contributed by atoms with E-state index in [1.807, 2.05) is 25.1 Å². The maximum absolute atomic E-state index is 12.7. The van der Waals surface area contributed by atoms with Crippen LogP contribution in [-0.2, 0) is 21.2 Å². The van der Waals surface area contributed by atoms with E-state index in [1.54, 1.807) is 40.9 Å². The Morgan fingerprint density at radius 3 is 2.76 bits per heavy atom. The van der Waals surface area contributed by atoms with Gasteiger partial charge in [0, 0.05) is 29.8 Å². The van der Waals surface area contributed by atoms with E-state index in [1.165, 1.54) is 6.92 Å². The van der Waals surface area contributed by atoms with Crippen LogP contribution in [-0.4, -0.2) is 26.6 Å². The Labute approximate surface area is 152 Å². The number of nitrogens with one attached hydrogen (secondary N) is 1. The number of hydrogen-bond donors (Lipinski definition) is 1. The number of nitrogens with zero attached hydrogens (tertiary/aromatic N) is 1. The number of benzene rings is 2. The molecule has 0 bridgehead atoms. The Hall–Kier alpha value is -1.99. The Bertz CT molecular complexity index is 910. The molecule has 0 fully saturated rings. The summed E-state index contributed by atoms with van der Waals surface area (Å²) in [6.45, 7) is 4.10. The zero-order valence-electron chi connectivity index (χ0n) is 14.2. The van der Waals surface area contributed by atoms with E-state index in [9.17, 15) is 13.2 Å². The molecule has 0 saturated carbocycles. The first kappa shape index (κ1) is 17.8. The average Bonchev–Trinajstić information content (AvgIpc) is 2.60. The maximum atomic E-state index is 12.7. The molecule has 1 heterocycles. The van der Waals surface area contributed by atoms with Crippen molar-refractivity contribution in [2.24, 2.45) is 0 Å². The topological polar surface area (TPSA) is 66.5 Å². The fourth-order valence-corrected chi connectivity index (χ4v) is 4.80. The van der Waals surface area contributed by atoms with E-state index in [0.29, 0.717) is 17.9 Å². The number of carbonyl (C=O) groups excluding carboxylic acids is 1. The van der Waals surface area contributed by atoms with Crippen molar-refractivity contribution in [2.45, 2.75) is 30.1 Å². The summed E-state index contributed by atoms with van der Waals surface area (Å²) in [5.41, 5.74) is 2.26. The first-order valence-electron chi connectivity index (χ1n) is 8.07. The molecule has 0 saturated heterocycles. The predicted octanol–water partition coefficient (Wildman–Crippen LogP) is 3.51. The zero-order chi connectivity index (χ0) is 18.0. The highest BCUT2D eigenvalue weighted by Gasteiger charge is 2.24. The highest BCUT2D eigenvalue weighted by atomic mass is 32.2. The fraction of sp³-hybridized carbons (Fsp3) is 0.278. The van der Waals surface area contributed by atoms with Crippen LogP contribution in [0.3, 0.4) is 0 Å². The number of amides is 1. The van der Waals surface area contributed by atoms with Crippen molar-refractivity contribution in [2.75, 3.05) is 21.9 Å². The van der Waals surface area contributed by atoms with E-state index in [4.69, 9.17) is 0 Å². The van der Waals surface area contributed by atoms with Crippen LogP contribution >= 0.6 is 11.8 Å². The van der Waals surface area contributed by atoms with E-state index >= 15 is 0 Å². The summed E-state index contributed by atoms with van der Waals surface area (Å²) in [5.74, 6) is 0.723. The number of rotatable bonds is 4. The first-order valence-corrected chi connectivity index (χ1v) is 10.5. The first-order chi connectivity index (χ1) is 11.9. The van der Waals surface area contributed by atoms with Gasteiger partial charge in [0.25, 0.3) is 10.0 Å². The van der Waals surface area contributed by atoms with Gasteiger partial charge in [0.1, 0.15) is 0 Å². The minimum absolute atomic E-state index is 0.0836. The number of thioether (sulfide) groups is 1. The second-order valence-electron chi connectivity index (χ2n) is 5.81. The second kappa shape index (κ2) is 7.09. The van der Waals surface area contributed by atoms with Gasteiger partial charge in [-0.2, -0.15) is 0 Å². The van der Waals surface area contributed by atoms with Crippen LogP contribution in [0.2, 0.25) is 0 Å². The second-order valence-corrected chi connectivity index (χ2v) is 8.63. The number of anilines is 2. The van der Waals surface area contributed by atoms with Gasteiger partial charge in [-0.25, -0.2) is 8.42 Å². The molecule has 1 aliphatic heterocycles. The molecular weight excluding hydrogens is 356 g/mol. The summed E-state index contributed by atoms with van der Waals surface area (Å²) in [6.07, 6.45) is 0.833. The average molecular weight is 377 g/mol. The van der Waals surface area contributed by atoms with Gasteiger partial charge in [0.2, 0.25) is 5.91 Å². The van der Waals surface area contributed by atoms with Crippen molar-refractivity contribution in [3.63, 3.8) is 0 Å². The van der Waals surface area contributed by atoms with Gasteiger partial charge in [0.15, 0.2) is 0 Å². The summed E-state index contributed by atoms with van der Waals surface area (Å²) in [7, 11) is -3.72. The van der Waals surface area contributed by atoms with Crippen molar-refractivity contribution < 1.29 is 13.2 Å². The molecule has 1 N–H and O–H groups in total. The number of fused-ring (bicyclic) bond motifs is 1. The molecule has 1 aliphatic rings. The third kappa shape index (κ3) is 3.82. The van der Waals surface area contributed by atoms with Crippen LogP contribution in [0.25, 0.3) is 0 Å². The quantitative estimate of drug-likeness (QED) is 0.887. The minimum atomic E-state index is -3.72. The van der Waals surface area contributed by atoms with Crippen LogP contribution < -0.4 is 9.62 Å². The molecule has 0 aromatic heterocycles. The molecule has 0 spiro atoms. The van der Waals surface area contributed by atoms with Gasteiger partial charge in [-0.1, -0.05) is 19.1 Å². The molecule has 0 radical (unpaired) electrons. The van der Waals surface area contributed by atoms with Gasteiger partial charge < -0.3 is 4.90 Å². The number of hydrogen-bond acceptors (Lipinski definition) is 4. The van der Waals surface area contributed by atoms with Crippen LogP contribution in [0.5, 0.6) is 0 Å². The van der Waals surface area contributed by atoms with E-state index in [2.05, 4.69) is 4.72 Å². The standard InChI is InChI=1S/C18H20N2O3S2/c1-3-14-5-4-6-15(11-14)19-25(22,23)16-7-8-18-17(12-16)20(13(2)21)9-10-24-18/h4-8,11-12,19H,3,9-10H2,1-2H3. The molecule has 3 rings (SSSR count). The molecule has 1 amide bonds. The van der Waals surface area contributed by atoms with E-state index < -0.39 is 10.0 Å². The molecule has 0 atom stereocenters. The maximum Gasteiger partial charge on any atom is 0.261 e. The summed E-state index contributed by atoms with van der Waals surface area (Å²) < 4.78 is 28.1. The highest BCUT2D eigenvalue weighted by molar-refractivity contribution is 7.99. The van der Waals surface area contributed by atoms with Gasteiger partial charge in [-0.3, -0.25) is 9.52 Å². The van der Waals surface area contributed by atoms with Gasteiger partial charge in [0.05, 0.1) is 10.6 Å². The molecule has 2 aromatic rings. The Kier molecular flexibility index (Phi) is 5.06. The number of sulfonamides is 1. The molecule has 5 nitrogen and oxygen atoms in total. The summed E-state index contributed by atoms with van der Waals surface area (Å²) in [6, 6.07) is 12.3. The van der Waals surface area contributed by atoms with Crippen LogP contribution in [0.1, 0.15) is 19.4 Å². The molecule has 0 aliphatic carbocycles. The summed E-state index contributed by atoms with van der Waals surface area (Å²) in [5, 5.41) is 0. The van der Waals surface area contributed by atoms with E-state index in [-0.39, 0.29) is 10.8 Å². The Morgan fingerprint density at radius 1 is 1.24 bits per heavy atom. The van der Waals surface area contributed by atoms with Gasteiger partial charge >= 0.3 is 0 Å². The fourth-order valence-electron chi connectivity index (χ4n) is 2.76. The lowest BCUT2D eigenvalue weighted by atomic mass is 10.1. The van der Waals surface area contributed by atoms with Crippen molar-refractivity contribution in [3.8, 4) is 0 Å². The molecule has 0 unspecified atom stereocenters. The number of carbonyl (C=O) groups is 1. The lowest BCUT2D eigenvalue weighted by Crippen LogP contribution is -2.33. The third-order valence-electron chi connectivity index (χ3n) is 4.07. The smallest absolute Gasteiger partial charge is 0.261 e. The number of aryl methyl sites for hydroxylation is 1. The summed E-state index contributed by atoms with van der Waals surface area (Å²) >= 11 is 1.63. The van der Waals surface area contributed by atoms with Crippen molar-refractivity contribution in [1.82, 2.24) is 0 Å². The Morgan fingerprint density at radius 2 is 2.04 bits per heavy atom. The van der Waals surface area contributed by atoms with Gasteiger partial charge in [-0.05, 0) is 42.3 Å². The normalized spacial score (nSPS) is 14.1. The SMILES string of the molecule is CCc1cccc(NS(=O)(=O)c2ccc3c(c2)N(C(C)=O)CCS3)c1.